The third-order valence-corrected chi connectivity index (χ3v) is 3.68. The first-order chi connectivity index (χ1) is 10.7. The average molecular weight is 293 g/mol. The van der Waals surface area contributed by atoms with Crippen molar-refractivity contribution < 1.29 is 4.74 Å². The first kappa shape index (κ1) is 14.2. The number of aromatic nitrogens is 2. The minimum absolute atomic E-state index is 0.585. The van der Waals surface area contributed by atoms with Crippen molar-refractivity contribution in [2.45, 2.75) is 13.3 Å². The molecule has 0 spiro atoms. The molecule has 0 fully saturated rings. The number of rotatable bonds is 4. The summed E-state index contributed by atoms with van der Waals surface area (Å²) in [5.74, 6) is 1.33. The number of nitrogens with two attached hydrogens (primary N) is 1. The van der Waals surface area contributed by atoms with E-state index in [0.717, 1.165) is 29.1 Å². The van der Waals surface area contributed by atoms with Gasteiger partial charge in [0.05, 0.1) is 12.8 Å². The molecular weight excluding hydrogens is 274 g/mol. The minimum Gasteiger partial charge on any atom is -0.494 e. The molecule has 1 heterocycles. The van der Waals surface area contributed by atoms with Crippen LogP contribution in [0.1, 0.15) is 12.5 Å². The Hall–Kier alpha value is -2.75. The Morgan fingerprint density at radius 3 is 2.68 bits per heavy atom. The van der Waals surface area contributed by atoms with Gasteiger partial charge >= 0.3 is 0 Å². The number of ether oxygens (including phenoxy) is 1. The van der Waals surface area contributed by atoms with E-state index < -0.39 is 0 Å². The number of nitrogen functional groups attached to an aromatic ring is 1. The molecule has 0 aliphatic carbocycles. The zero-order chi connectivity index (χ0) is 15.5. The largest absolute Gasteiger partial charge is 0.494 e. The van der Waals surface area contributed by atoms with E-state index in [2.05, 4.69) is 24.2 Å². The zero-order valence-corrected chi connectivity index (χ0v) is 12.8. The van der Waals surface area contributed by atoms with Crippen LogP contribution in [0.15, 0.2) is 54.6 Å². The highest BCUT2D eigenvalue weighted by Gasteiger charge is 2.12. The van der Waals surface area contributed by atoms with Crippen molar-refractivity contribution in [3.05, 3.63) is 60.2 Å². The van der Waals surface area contributed by atoms with Crippen LogP contribution >= 0.6 is 0 Å². The lowest BCUT2D eigenvalue weighted by Gasteiger charge is -2.09. The van der Waals surface area contributed by atoms with E-state index >= 15 is 0 Å². The van der Waals surface area contributed by atoms with Crippen LogP contribution in [0.5, 0.6) is 5.75 Å². The lowest BCUT2D eigenvalue weighted by Crippen LogP contribution is -2.03. The van der Waals surface area contributed by atoms with Crippen LogP contribution in [-0.2, 0) is 6.42 Å². The van der Waals surface area contributed by atoms with Gasteiger partial charge in [0.1, 0.15) is 17.3 Å². The van der Waals surface area contributed by atoms with Gasteiger partial charge in [-0.15, -0.1) is 0 Å². The molecule has 22 heavy (non-hydrogen) atoms. The maximum absolute atomic E-state index is 6.15. The van der Waals surface area contributed by atoms with E-state index in [4.69, 9.17) is 10.5 Å². The van der Waals surface area contributed by atoms with Crippen LogP contribution in [-0.4, -0.2) is 16.9 Å². The molecule has 0 amide bonds. The summed E-state index contributed by atoms with van der Waals surface area (Å²) in [5, 5.41) is 4.65. The molecule has 0 saturated carbocycles. The molecule has 4 heteroatoms. The van der Waals surface area contributed by atoms with E-state index in [1.807, 2.05) is 42.5 Å². The Morgan fingerprint density at radius 1 is 1.09 bits per heavy atom. The van der Waals surface area contributed by atoms with Crippen LogP contribution in [0.4, 0.5) is 5.82 Å². The fraction of sp³-hybridized carbons (Fsp3) is 0.167. The smallest absolute Gasteiger partial charge is 0.144 e. The molecular formula is C18H19N3O. The van der Waals surface area contributed by atoms with Crippen molar-refractivity contribution in [2.24, 2.45) is 0 Å². The van der Waals surface area contributed by atoms with Gasteiger partial charge in [0, 0.05) is 11.6 Å². The number of methoxy groups -OCH3 is 1. The van der Waals surface area contributed by atoms with Gasteiger partial charge in [0.25, 0.3) is 0 Å². The molecule has 4 nitrogen and oxygen atoms in total. The molecule has 0 saturated heterocycles. The summed E-state index contributed by atoms with van der Waals surface area (Å²) >= 11 is 0. The molecule has 0 atom stereocenters. The number of anilines is 1. The Morgan fingerprint density at radius 2 is 1.91 bits per heavy atom. The predicted octanol–water partition coefficient (Wildman–Crippen LogP) is 3.69. The monoisotopic (exact) mass is 293 g/mol. The second-order valence-corrected chi connectivity index (χ2v) is 5.09. The van der Waals surface area contributed by atoms with E-state index in [1.165, 1.54) is 5.56 Å². The number of para-hydroxylation sites is 2. The van der Waals surface area contributed by atoms with E-state index in [1.54, 1.807) is 11.8 Å². The number of benzene rings is 2. The molecule has 0 aliphatic heterocycles. The predicted molar refractivity (Wildman–Crippen MR) is 89.3 cm³/mol. The van der Waals surface area contributed by atoms with Gasteiger partial charge in [0.2, 0.25) is 0 Å². The lowest BCUT2D eigenvalue weighted by atomic mass is 10.1. The van der Waals surface area contributed by atoms with Crippen molar-refractivity contribution in [3.8, 4) is 22.7 Å². The molecule has 2 N–H and O–H groups in total. The summed E-state index contributed by atoms with van der Waals surface area (Å²) in [6.07, 6.45) is 0.997. The van der Waals surface area contributed by atoms with Gasteiger partial charge < -0.3 is 10.5 Å². The fourth-order valence-corrected chi connectivity index (χ4v) is 2.48. The van der Waals surface area contributed by atoms with Gasteiger partial charge in [-0.2, -0.15) is 5.10 Å². The standard InChI is InChI=1S/C18H19N3O/c1-3-13-7-6-8-14(11-13)15-12-18(19)21(20-15)16-9-4-5-10-17(16)22-2/h4-12H,3,19H2,1-2H3. The van der Waals surface area contributed by atoms with E-state index in [9.17, 15) is 0 Å². The highest BCUT2D eigenvalue weighted by atomic mass is 16.5. The van der Waals surface area contributed by atoms with Crippen molar-refractivity contribution in [1.29, 1.82) is 0 Å². The minimum atomic E-state index is 0.585. The molecule has 3 rings (SSSR count). The summed E-state index contributed by atoms with van der Waals surface area (Å²) in [7, 11) is 1.64. The number of aryl methyl sites for hydroxylation is 1. The Kier molecular flexibility index (Phi) is 3.83. The summed E-state index contributed by atoms with van der Waals surface area (Å²) in [6.45, 7) is 2.14. The van der Waals surface area contributed by atoms with Gasteiger partial charge in [-0.25, -0.2) is 4.68 Å². The average Bonchev–Trinajstić information content (AvgIpc) is 2.96. The topological polar surface area (TPSA) is 53.1 Å². The summed E-state index contributed by atoms with van der Waals surface area (Å²) in [5.41, 5.74) is 10.2. The molecule has 0 radical (unpaired) electrons. The van der Waals surface area contributed by atoms with Crippen molar-refractivity contribution in [3.63, 3.8) is 0 Å². The van der Waals surface area contributed by atoms with Crippen LogP contribution < -0.4 is 10.5 Å². The maximum Gasteiger partial charge on any atom is 0.144 e. The highest BCUT2D eigenvalue weighted by molar-refractivity contribution is 5.65. The van der Waals surface area contributed by atoms with Gasteiger partial charge in [-0.3, -0.25) is 0 Å². The SMILES string of the molecule is CCc1cccc(-c2cc(N)n(-c3ccccc3OC)n2)c1. The first-order valence-corrected chi connectivity index (χ1v) is 7.31. The molecule has 2 aromatic carbocycles. The molecule has 1 aromatic heterocycles. The van der Waals surface area contributed by atoms with E-state index in [0.29, 0.717) is 5.82 Å². The van der Waals surface area contributed by atoms with Crippen molar-refractivity contribution >= 4 is 5.82 Å². The Bertz CT molecular complexity index is 793. The van der Waals surface area contributed by atoms with Crippen LogP contribution in [0, 0.1) is 0 Å². The van der Waals surface area contributed by atoms with Crippen LogP contribution in [0.2, 0.25) is 0 Å². The first-order valence-electron chi connectivity index (χ1n) is 7.31. The van der Waals surface area contributed by atoms with E-state index in [-0.39, 0.29) is 0 Å². The van der Waals surface area contributed by atoms with Crippen LogP contribution in [0.25, 0.3) is 16.9 Å². The van der Waals surface area contributed by atoms with Gasteiger partial charge in [0.15, 0.2) is 0 Å². The molecule has 0 unspecified atom stereocenters. The summed E-state index contributed by atoms with van der Waals surface area (Å²) in [6, 6.07) is 18.0. The zero-order valence-electron chi connectivity index (χ0n) is 12.8. The molecule has 0 bridgehead atoms. The Labute approximate surface area is 130 Å². The number of hydrogen-bond acceptors (Lipinski definition) is 3. The van der Waals surface area contributed by atoms with Crippen molar-refractivity contribution in [1.82, 2.24) is 9.78 Å². The number of nitrogens with zero attached hydrogens (tertiary/aromatic N) is 2. The summed E-state index contributed by atoms with van der Waals surface area (Å²) in [4.78, 5) is 0. The third kappa shape index (κ3) is 2.55. The lowest BCUT2D eigenvalue weighted by molar-refractivity contribution is 0.412. The molecule has 112 valence electrons. The Balaban J connectivity index is 2.07. The highest BCUT2D eigenvalue weighted by Crippen LogP contribution is 2.28. The summed E-state index contributed by atoms with van der Waals surface area (Å²) < 4.78 is 7.10. The maximum atomic E-state index is 6.15. The van der Waals surface area contributed by atoms with Crippen LogP contribution in [0.3, 0.4) is 0 Å². The second-order valence-electron chi connectivity index (χ2n) is 5.09. The third-order valence-electron chi connectivity index (χ3n) is 3.68. The fourth-order valence-electron chi connectivity index (χ4n) is 2.48. The van der Waals surface area contributed by atoms with Gasteiger partial charge in [-0.1, -0.05) is 37.3 Å². The second kappa shape index (κ2) is 5.93. The number of hydrogen-bond donors (Lipinski definition) is 1. The molecule has 0 aliphatic rings. The quantitative estimate of drug-likeness (QED) is 0.798. The normalized spacial score (nSPS) is 10.6. The molecule has 3 aromatic rings. The van der Waals surface area contributed by atoms with Crippen molar-refractivity contribution in [2.75, 3.05) is 12.8 Å². The van der Waals surface area contributed by atoms with Gasteiger partial charge in [-0.05, 0) is 30.2 Å².